The van der Waals surface area contributed by atoms with E-state index in [0.717, 1.165) is 50.1 Å². The second kappa shape index (κ2) is 13.0. The fourth-order valence-corrected chi connectivity index (χ4v) is 9.24. The number of hydrogen-bond donors (Lipinski definition) is 0. The number of anilines is 3. The Labute approximate surface area is 332 Å². The van der Waals surface area contributed by atoms with E-state index in [-0.39, 0.29) is 5.41 Å². The second-order valence-corrected chi connectivity index (χ2v) is 15.7. The van der Waals surface area contributed by atoms with Crippen LogP contribution in [0.5, 0.6) is 0 Å². The molecule has 1 aromatic heterocycles. The molecule has 9 aromatic carbocycles. The molecule has 1 aliphatic carbocycles. The van der Waals surface area contributed by atoms with Crippen LogP contribution in [-0.4, -0.2) is 0 Å². The minimum Gasteiger partial charge on any atom is -0.455 e. The second-order valence-electron chi connectivity index (χ2n) is 15.7. The van der Waals surface area contributed by atoms with Gasteiger partial charge in [-0.05, 0) is 97.7 Å². The third-order valence-corrected chi connectivity index (χ3v) is 12.1. The maximum atomic E-state index is 6.60. The van der Waals surface area contributed by atoms with Crippen molar-refractivity contribution in [1.29, 1.82) is 0 Å². The summed E-state index contributed by atoms with van der Waals surface area (Å²) in [6, 6.07) is 72.6. The van der Waals surface area contributed by atoms with Crippen LogP contribution in [0.2, 0.25) is 0 Å². The van der Waals surface area contributed by atoms with Gasteiger partial charge in [-0.15, -0.1) is 0 Å². The van der Waals surface area contributed by atoms with Gasteiger partial charge in [-0.25, -0.2) is 0 Å². The highest BCUT2D eigenvalue weighted by Gasteiger charge is 2.35. The van der Waals surface area contributed by atoms with E-state index < -0.39 is 0 Å². The molecule has 0 aliphatic heterocycles. The van der Waals surface area contributed by atoms with Gasteiger partial charge in [0.25, 0.3) is 0 Å². The minimum absolute atomic E-state index is 0.0523. The summed E-state index contributed by atoms with van der Waals surface area (Å²) in [7, 11) is 0. The summed E-state index contributed by atoms with van der Waals surface area (Å²) in [5, 5.41) is 4.74. The number of hydrogen-bond acceptors (Lipinski definition) is 2. The summed E-state index contributed by atoms with van der Waals surface area (Å²) >= 11 is 0. The van der Waals surface area contributed by atoms with Gasteiger partial charge < -0.3 is 9.32 Å². The lowest BCUT2D eigenvalue weighted by Gasteiger charge is -2.28. The van der Waals surface area contributed by atoms with Crippen molar-refractivity contribution in [3.8, 4) is 44.5 Å². The van der Waals surface area contributed by atoms with E-state index in [2.05, 4.69) is 213 Å². The zero-order chi connectivity index (χ0) is 38.1. The third kappa shape index (κ3) is 5.33. The molecule has 10 aromatic rings. The predicted molar refractivity (Wildman–Crippen MR) is 240 cm³/mol. The normalized spacial score (nSPS) is 12.9. The molecule has 1 heterocycles. The molecule has 0 unspecified atom stereocenters. The van der Waals surface area contributed by atoms with Crippen LogP contribution < -0.4 is 4.90 Å². The van der Waals surface area contributed by atoms with Gasteiger partial charge in [0.05, 0.1) is 5.69 Å². The quantitative estimate of drug-likeness (QED) is 0.169. The Morgan fingerprint density at radius 3 is 1.77 bits per heavy atom. The van der Waals surface area contributed by atoms with Crippen LogP contribution in [0.25, 0.3) is 77.2 Å². The van der Waals surface area contributed by atoms with Crippen LogP contribution in [0.4, 0.5) is 17.1 Å². The van der Waals surface area contributed by atoms with E-state index in [4.69, 9.17) is 4.42 Å². The molecule has 11 rings (SSSR count). The number of rotatable bonds is 6. The molecule has 0 bridgehead atoms. The van der Waals surface area contributed by atoms with Crippen molar-refractivity contribution in [1.82, 2.24) is 0 Å². The van der Waals surface area contributed by atoms with E-state index in [1.807, 2.05) is 6.07 Å². The van der Waals surface area contributed by atoms with E-state index in [9.17, 15) is 0 Å². The Morgan fingerprint density at radius 1 is 0.386 bits per heavy atom. The smallest absolute Gasteiger partial charge is 0.143 e. The molecule has 270 valence electrons. The fourth-order valence-electron chi connectivity index (χ4n) is 9.24. The molecule has 0 saturated carbocycles. The Balaban J connectivity index is 1.05. The van der Waals surface area contributed by atoms with E-state index >= 15 is 0 Å². The maximum Gasteiger partial charge on any atom is 0.143 e. The van der Waals surface area contributed by atoms with Gasteiger partial charge in [0.15, 0.2) is 0 Å². The predicted octanol–water partition coefficient (Wildman–Crippen LogP) is 15.5. The molecular weight excluding hydrogens is 691 g/mol. The molecule has 57 heavy (non-hydrogen) atoms. The highest BCUT2D eigenvalue weighted by molar-refractivity contribution is 6.11. The first-order valence-electron chi connectivity index (χ1n) is 19.8. The Kier molecular flexibility index (Phi) is 7.55. The van der Waals surface area contributed by atoms with Crippen LogP contribution in [0.1, 0.15) is 25.0 Å². The van der Waals surface area contributed by atoms with Crippen molar-refractivity contribution in [2.75, 3.05) is 4.90 Å². The van der Waals surface area contributed by atoms with Crippen molar-refractivity contribution >= 4 is 49.8 Å². The molecule has 0 N–H and O–H groups in total. The van der Waals surface area contributed by atoms with Gasteiger partial charge in [0.2, 0.25) is 0 Å². The standard InChI is InChI=1S/C55H39NO/c1-55(2)50-22-8-5-16-44(50)45-34-29-39(35-51(45)55)36-25-30-40(31-26-36)56(41-32-27-38(28-33-41)43-19-11-14-37-13-3-4-15-42(37)43)52-23-9-6-17-46(52)48-20-12-21-49-47-18-7-10-24-53(47)57-54(48)49/h3-35H,1-2H3. The van der Waals surface area contributed by atoms with E-state index in [1.165, 1.54) is 55.3 Å². The number of fused-ring (bicyclic) bond motifs is 7. The minimum atomic E-state index is -0.0523. The van der Waals surface area contributed by atoms with Gasteiger partial charge in [0, 0.05) is 38.7 Å². The first-order chi connectivity index (χ1) is 28.0. The van der Waals surface area contributed by atoms with Crippen molar-refractivity contribution in [2.24, 2.45) is 0 Å². The van der Waals surface area contributed by atoms with Gasteiger partial charge in [-0.2, -0.15) is 0 Å². The number of para-hydroxylation sites is 3. The average molecular weight is 730 g/mol. The van der Waals surface area contributed by atoms with Crippen molar-refractivity contribution in [2.45, 2.75) is 19.3 Å². The monoisotopic (exact) mass is 729 g/mol. The van der Waals surface area contributed by atoms with E-state index in [0.29, 0.717) is 0 Å². The SMILES string of the molecule is CC1(C)c2ccccc2-c2ccc(-c3ccc(N(c4ccc(-c5cccc6ccccc56)cc4)c4ccccc4-c4cccc5c4oc4ccccc45)cc3)cc21. The highest BCUT2D eigenvalue weighted by atomic mass is 16.3. The van der Waals surface area contributed by atoms with E-state index in [1.54, 1.807) is 0 Å². The molecule has 0 spiro atoms. The zero-order valence-corrected chi connectivity index (χ0v) is 31.9. The first-order valence-corrected chi connectivity index (χ1v) is 19.8. The van der Waals surface area contributed by atoms with Gasteiger partial charge in [-0.1, -0.05) is 172 Å². The van der Waals surface area contributed by atoms with Crippen LogP contribution in [0.3, 0.4) is 0 Å². The molecule has 0 saturated heterocycles. The van der Waals surface area contributed by atoms with Gasteiger partial charge >= 0.3 is 0 Å². The van der Waals surface area contributed by atoms with Gasteiger partial charge in [0.1, 0.15) is 11.2 Å². The summed E-state index contributed by atoms with van der Waals surface area (Å²) in [6.07, 6.45) is 0. The summed E-state index contributed by atoms with van der Waals surface area (Å²) in [5.41, 5.74) is 17.4. The molecule has 2 heteroatoms. The summed E-state index contributed by atoms with van der Waals surface area (Å²) < 4.78 is 6.60. The highest BCUT2D eigenvalue weighted by Crippen LogP contribution is 2.50. The van der Waals surface area contributed by atoms with Crippen molar-refractivity contribution in [3.63, 3.8) is 0 Å². The van der Waals surface area contributed by atoms with Gasteiger partial charge in [-0.3, -0.25) is 0 Å². The largest absolute Gasteiger partial charge is 0.455 e. The molecular formula is C55H39NO. The Bertz CT molecular complexity index is 3140. The lowest BCUT2D eigenvalue weighted by Crippen LogP contribution is -2.14. The van der Waals surface area contributed by atoms with Crippen LogP contribution in [0, 0.1) is 0 Å². The summed E-state index contributed by atoms with van der Waals surface area (Å²) in [4.78, 5) is 2.38. The van der Waals surface area contributed by atoms with Crippen LogP contribution in [0.15, 0.2) is 205 Å². The third-order valence-electron chi connectivity index (χ3n) is 12.1. The Hall–Kier alpha value is -7.16. The summed E-state index contributed by atoms with van der Waals surface area (Å²) in [6.45, 7) is 4.69. The average Bonchev–Trinajstić information content (AvgIpc) is 3.76. The van der Waals surface area contributed by atoms with Crippen LogP contribution in [-0.2, 0) is 5.41 Å². The lowest BCUT2D eigenvalue weighted by molar-refractivity contribution is 0.660. The topological polar surface area (TPSA) is 16.4 Å². The number of nitrogens with zero attached hydrogens (tertiary/aromatic N) is 1. The molecule has 0 atom stereocenters. The maximum absolute atomic E-state index is 6.60. The molecule has 0 fully saturated rings. The number of benzene rings is 9. The number of furan rings is 1. The van der Waals surface area contributed by atoms with Crippen molar-refractivity contribution in [3.05, 3.63) is 211 Å². The molecule has 2 nitrogen and oxygen atoms in total. The van der Waals surface area contributed by atoms with Crippen LogP contribution >= 0.6 is 0 Å². The van der Waals surface area contributed by atoms with Crippen molar-refractivity contribution < 1.29 is 4.42 Å². The molecule has 1 aliphatic rings. The molecule has 0 amide bonds. The zero-order valence-electron chi connectivity index (χ0n) is 31.9. The lowest BCUT2D eigenvalue weighted by atomic mass is 9.81. The summed E-state index contributed by atoms with van der Waals surface area (Å²) in [5.74, 6) is 0. The Morgan fingerprint density at radius 2 is 0.947 bits per heavy atom. The molecule has 0 radical (unpaired) electrons. The fraction of sp³-hybridized carbons (Fsp3) is 0.0545. The first kappa shape index (κ1) is 33.2.